The van der Waals surface area contributed by atoms with Crippen LogP contribution in [-0.2, 0) is 12.0 Å². The monoisotopic (exact) mass is 263 g/mol. The Balaban J connectivity index is 1.94. The second kappa shape index (κ2) is 3.81. The highest BCUT2D eigenvalue weighted by Crippen LogP contribution is 2.42. The molecule has 98 valence electrons. The molecule has 3 heteroatoms. The number of fused-ring (bicyclic) bond motifs is 4. The van der Waals surface area contributed by atoms with Gasteiger partial charge < -0.3 is 10.4 Å². The minimum absolute atomic E-state index is 0.157. The summed E-state index contributed by atoms with van der Waals surface area (Å²) in [6.07, 6.45) is 2.27. The summed E-state index contributed by atoms with van der Waals surface area (Å²) >= 11 is 0. The molecule has 0 fully saturated rings. The summed E-state index contributed by atoms with van der Waals surface area (Å²) in [6.45, 7) is 0. The predicted octanol–water partition coefficient (Wildman–Crippen LogP) is 2.21. The van der Waals surface area contributed by atoms with Crippen LogP contribution in [0, 0.1) is 0 Å². The van der Waals surface area contributed by atoms with Crippen LogP contribution in [0.1, 0.15) is 27.0 Å². The second-order valence-corrected chi connectivity index (χ2v) is 5.29. The number of nitrogens with one attached hydrogen (secondary N) is 1. The molecular weight excluding hydrogens is 250 g/mol. The van der Waals surface area contributed by atoms with E-state index in [9.17, 15) is 9.90 Å². The average Bonchev–Trinajstić information content (AvgIpc) is 2.66. The summed E-state index contributed by atoms with van der Waals surface area (Å²) in [6, 6.07) is 15.1. The fourth-order valence-corrected chi connectivity index (χ4v) is 3.11. The Morgan fingerprint density at radius 3 is 2.70 bits per heavy atom. The Morgan fingerprint density at radius 2 is 1.80 bits per heavy atom. The lowest BCUT2D eigenvalue weighted by Crippen LogP contribution is -2.34. The number of benzene rings is 2. The van der Waals surface area contributed by atoms with Gasteiger partial charge in [-0.05, 0) is 28.8 Å². The third-order valence-electron chi connectivity index (χ3n) is 4.11. The molecule has 1 atom stereocenters. The van der Waals surface area contributed by atoms with E-state index in [1.54, 1.807) is 6.07 Å². The van der Waals surface area contributed by atoms with Crippen molar-refractivity contribution >= 4 is 12.0 Å². The maximum Gasteiger partial charge on any atom is 0.255 e. The van der Waals surface area contributed by atoms with Crippen LogP contribution in [0.4, 0.5) is 0 Å². The van der Waals surface area contributed by atoms with Gasteiger partial charge in [0, 0.05) is 12.0 Å². The van der Waals surface area contributed by atoms with Crippen molar-refractivity contribution in [1.82, 2.24) is 5.32 Å². The van der Waals surface area contributed by atoms with Gasteiger partial charge in [0.15, 0.2) is 0 Å². The summed E-state index contributed by atoms with van der Waals surface area (Å²) in [5, 5.41) is 14.0. The molecule has 4 rings (SSSR count). The van der Waals surface area contributed by atoms with E-state index in [1.807, 2.05) is 48.5 Å². The van der Waals surface area contributed by atoms with E-state index in [4.69, 9.17) is 0 Å². The van der Waals surface area contributed by atoms with Crippen molar-refractivity contribution in [2.45, 2.75) is 12.0 Å². The topological polar surface area (TPSA) is 49.3 Å². The van der Waals surface area contributed by atoms with Gasteiger partial charge in [0.25, 0.3) is 5.91 Å². The van der Waals surface area contributed by atoms with Crippen molar-refractivity contribution in [3.8, 4) is 0 Å². The summed E-state index contributed by atoms with van der Waals surface area (Å²) in [7, 11) is 0. The van der Waals surface area contributed by atoms with E-state index < -0.39 is 5.60 Å². The molecule has 2 aromatic rings. The number of rotatable bonds is 0. The number of hydrogen-bond donors (Lipinski definition) is 2. The standard InChI is InChI=1S/C17H13NO2/c19-16-13-7-3-1-6-12(13)10-17(20)14-8-4-2-5-11(14)9-15(17)18-16/h1-9,20H,10H2,(H,18,19)/t17-/m1/s1. The minimum Gasteiger partial charge on any atom is -0.378 e. The molecular formula is C17H13NO2. The summed E-state index contributed by atoms with van der Waals surface area (Å²) < 4.78 is 0. The van der Waals surface area contributed by atoms with E-state index in [-0.39, 0.29) is 5.91 Å². The molecule has 0 spiro atoms. The number of hydrogen-bond acceptors (Lipinski definition) is 2. The Labute approximate surface area is 116 Å². The Morgan fingerprint density at radius 1 is 1.05 bits per heavy atom. The molecule has 0 aromatic heterocycles. The maximum atomic E-state index is 12.3. The average molecular weight is 263 g/mol. The van der Waals surface area contributed by atoms with E-state index in [0.717, 1.165) is 16.7 Å². The molecule has 0 saturated carbocycles. The van der Waals surface area contributed by atoms with Gasteiger partial charge in [-0.2, -0.15) is 0 Å². The molecule has 20 heavy (non-hydrogen) atoms. The van der Waals surface area contributed by atoms with Crippen LogP contribution in [0.15, 0.2) is 54.2 Å². The fraction of sp³-hybridized carbons (Fsp3) is 0.118. The molecule has 1 aliphatic carbocycles. The normalized spacial score (nSPS) is 23.1. The quantitative estimate of drug-likeness (QED) is 0.765. The van der Waals surface area contributed by atoms with Gasteiger partial charge in [-0.1, -0.05) is 42.5 Å². The highest BCUT2D eigenvalue weighted by molar-refractivity contribution is 5.98. The Bertz CT molecular complexity index is 763. The van der Waals surface area contributed by atoms with E-state index in [0.29, 0.717) is 17.7 Å². The van der Waals surface area contributed by atoms with Crippen LogP contribution in [0.5, 0.6) is 0 Å². The zero-order valence-corrected chi connectivity index (χ0v) is 10.8. The van der Waals surface area contributed by atoms with Crippen molar-refractivity contribution in [2.75, 3.05) is 0 Å². The molecule has 2 aromatic carbocycles. The lowest BCUT2D eigenvalue weighted by molar-refractivity contribution is 0.0715. The number of carbonyl (C=O) groups excluding carboxylic acids is 1. The van der Waals surface area contributed by atoms with Crippen molar-refractivity contribution < 1.29 is 9.90 Å². The largest absolute Gasteiger partial charge is 0.378 e. The molecule has 2 aliphatic rings. The van der Waals surface area contributed by atoms with Crippen molar-refractivity contribution in [3.63, 3.8) is 0 Å². The first-order valence-electron chi connectivity index (χ1n) is 6.62. The number of amides is 1. The lowest BCUT2D eigenvalue weighted by Gasteiger charge is -2.26. The molecule has 0 radical (unpaired) electrons. The minimum atomic E-state index is -1.14. The van der Waals surface area contributed by atoms with Crippen LogP contribution in [0.25, 0.3) is 6.08 Å². The Kier molecular flexibility index (Phi) is 2.18. The van der Waals surface area contributed by atoms with Gasteiger partial charge in [0.1, 0.15) is 5.60 Å². The second-order valence-electron chi connectivity index (χ2n) is 5.29. The maximum absolute atomic E-state index is 12.3. The van der Waals surface area contributed by atoms with Gasteiger partial charge in [0.2, 0.25) is 0 Å². The third kappa shape index (κ3) is 1.41. The summed E-state index contributed by atoms with van der Waals surface area (Å²) in [5.74, 6) is -0.157. The van der Waals surface area contributed by atoms with Gasteiger partial charge in [-0.25, -0.2) is 0 Å². The fourth-order valence-electron chi connectivity index (χ4n) is 3.11. The first kappa shape index (κ1) is 11.4. The zero-order valence-electron chi connectivity index (χ0n) is 10.8. The molecule has 0 saturated heterocycles. The SMILES string of the molecule is O=C1NC2=Cc3ccccc3[C@]2(O)Cc2ccccc21. The predicted molar refractivity (Wildman–Crippen MR) is 75.9 cm³/mol. The Hall–Kier alpha value is -2.39. The highest BCUT2D eigenvalue weighted by atomic mass is 16.3. The third-order valence-corrected chi connectivity index (χ3v) is 4.11. The van der Waals surface area contributed by atoms with Gasteiger partial charge in [-0.3, -0.25) is 4.79 Å². The van der Waals surface area contributed by atoms with E-state index in [1.165, 1.54) is 0 Å². The summed E-state index contributed by atoms with van der Waals surface area (Å²) in [5.41, 5.74) is 2.75. The van der Waals surface area contributed by atoms with Crippen molar-refractivity contribution in [1.29, 1.82) is 0 Å². The highest BCUT2D eigenvalue weighted by Gasteiger charge is 2.43. The van der Waals surface area contributed by atoms with Crippen LogP contribution in [-0.4, -0.2) is 11.0 Å². The van der Waals surface area contributed by atoms with Crippen molar-refractivity contribution in [2.24, 2.45) is 0 Å². The van der Waals surface area contributed by atoms with E-state index >= 15 is 0 Å². The number of aliphatic hydroxyl groups is 1. The van der Waals surface area contributed by atoms with E-state index in [2.05, 4.69) is 5.32 Å². The molecule has 1 aliphatic heterocycles. The van der Waals surface area contributed by atoms with Crippen LogP contribution in [0.2, 0.25) is 0 Å². The van der Waals surface area contributed by atoms with Crippen LogP contribution in [0.3, 0.4) is 0 Å². The first-order chi connectivity index (χ1) is 9.68. The van der Waals surface area contributed by atoms with Crippen LogP contribution < -0.4 is 5.32 Å². The number of carbonyl (C=O) groups is 1. The molecule has 1 amide bonds. The van der Waals surface area contributed by atoms with Crippen molar-refractivity contribution in [3.05, 3.63) is 76.5 Å². The molecule has 0 bridgehead atoms. The molecule has 1 heterocycles. The zero-order chi connectivity index (χ0) is 13.7. The van der Waals surface area contributed by atoms with Crippen LogP contribution >= 0.6 is 0 Å². The lowest BCUT2D eigenvalue weighted by atomic mass is 9.87. The smallest absolute Gasteiger partial charge is 0.255 e. The summed E-state index contributed by atoms with van der Waals surface area (Å²) in [4.78, 5) is 12.3. The first-order valence-corrected chi connectivity index (χ1v) is 6.62. The van der Waals surface area contributed by atoms with Gasteiger partial charge >= 0.3 is 0 Å². The molecule has 3 nitrogen and oxygen atoms in total. The molecule has 2 N–H and O–H groups in total. The molecule has 0 unspecified atom stereocenters. The van der Waals surface area contributed by atoms with Gasteiger partial charge in [-0.15, -0.1) is 0 Å². The van der Waals surface area contributed by atoms with Gasteiger partial charge in [0.05, 0.1) is 5.70 Å².